The summed E-state index contributed by atoms with van der Waals surface area (Å²) in [5.74, 6) is 2.24. The number of terminal acetylenes is 1. The predicted molar refractivity (Wildman–Crippen MR) is 76.1 cm³/mol. The maximum absolute atomic E-state index is 11.5. The highest BCUT2D eigenvalue weighted by atomic mass is 35.5. The first kappa shape index (κ1) is 14.4. The van der Waals surface area contributed by atoms with Gasteiger partial charge >= 0.3 is 0 Å². The Morgan fingerprint density at radius 3 is 2.78 bits per heavy atom. The van der Waals surface area contributed by atoms with Gasteiger partial charge in [-0.2, -0.15) is 0 Å². The lowest BCUT2D eigenvalue weighted by Gasteiger charge is -2.15. The molecular formula is C13H16ClN3O. The topological polar surface area (TPSA) is 44.4 Å². The Labute approximate surface area is 112 Å². The number of anilines is 2. The van der Waals surface area contributed by atoms with E-state index in [2.05, 4.69) is 16.6 Å². The van der Waals surface area contributed by atoms with Crippen LogP contribution in [0.2, 0.25) is 5.02 Å². The van der Waals surface area contributed by atoms with Gasteiger partial charge in [0, 0.05) is 19.8 Å². The van der Waals surface area contributed by atoms with Gasteiger partial charge < -0.3 is 10.2 Å². The second-order valence-electron chi connectivity index (χ2n) is 3.92. The molecular weight excluding hydrogens is 250 g/mol. The smallest absolute Gasteiger partial charge is 0.238 e. The van der Waals surface area contributed by atoms with Crippen molar-refractivity contribution in [1.82, 2.24) is 5.32 Å². The summed E-state index contributed by atoms with van der Waals surface area (Å²) >= 11 is 6.10. The first-order valence-corrected chi connectivity index (χ1v) is 5.83. The fourth-order valence-corrected chi connectivity index (χ4v) is 1.75. The summed E-state index contributed by atoms with van der Waals surface area (Å²) < 4.78 is 0. The second-order valence-corrected chi connectivity index (χ2v) is 4.32. The highest BCUT2D eigenvalue weighted by molar-refractivity contribution is 6.33. The zero-order valence-electron chi connectivity index (χ0n) is 10.5. The average molecular weight is 266 g/mol. The van der Waals surface area contributed by atoms with Crippen LogP contribution < -0.4 is 15.5 Å². The van der Waals surface area contributed by atoms with Crippen LogP contribution in [0.1, 0.15) is 0 Å². The van der Waals surface area contributed by atoms with Crippen LogP contribution in [0.3, 0.4) is 0 Å². The van der Waals surface area contributed by atoms with Crippen LogP contribution in [-0.4, -0.2) is 33.1 Å². The Hall–Kier alpha value is -1.70. The molecule has 0 spiro atoms. The average Bonchev–Trinajstić information content (AvgIpc) is 2.28. The lowest BCUT2D eigenvalue weighted by molar-refractivity contribution is -0.115. The Bertz CT molecular complexity index is 466. The number of nitrogens with one attached hydrogen (secondary N) is 2. The summed E-state index contributed by atoms with van der Waals surface area (Å²) in [5, 5.41) is 6.14. The van der Waals surface area contributed by atoms with E-state index < -0.39 is 0 Å². The monoisotopic (exact) mass is 265 g/mol. The summed E-state index contributed by atoms with van der Waals surface area (Å²) in [4.78, 5) is 13.4. The van der Waals surface area contributed by atoms with Gasteiger partial charge in [0.1, 0.15) is 0 Å². The molecule has 0 saturated heterocycles. The van der Waals surface area contributed by atoms with E-state index in [1.54, 1.807) is 12.1 Å². The van der Waals surface area contributed by atoms with E-state index >= 15 is 0 Å². The lowest BCUT2D eigenvalue weighted by atomic mass is 10.2. The molecule has 0 bridgehead atoms. The van der Waals surface area contributed by atoms with E-state index in [-0.39, 0.29) is 12.5 Å². The molecule has 1 aromatic rings. The van der Waals surface area contributed by atoms with E-state index in [4.69, 9.17) is 18.0 Å². The van der Waals surface area contributed by atoms with Crippen LogP contribution >= 0.6 is 11.6 Å². The van der Waals surface area contributed by atoms with Crippen molar-refractivity contribution in [3.05, 3.63) is 23.2 Å². The number of hydrogen-bond donors (Lipinski definition) is 2. The minimum atomic E-state index is -0.154. The van der Waals surface area contributed by atoms with Crippen LogP contribution in [-0.2, 0) is 4.79 Å². The zero-order valence-corrected chi connectivity index (χ0v) is 11.2. The molecule has 1 amide bonds. The van der Waals surface area contributed by atoms with Crippen molar-refractivity contribution >= 4 is 28.9 Å². The van der Waals surface area contributed by atoms with Crippen molar-refractivity contribution < 1.29 is 4.79 Å². The molecule has 0 radical (unpaired) electrons. The highest BCUT2D eigenvalue weighted by Gasteiger charge is 2.06. The van der Waals surface area contributed by atoms with E-state index in [9.17, 15) is 4.79 Å². The van der Waals surface area contributed by atoms with Crippen molar-refractivity contribution in [3.63, 3.8) is 0 Å². The Morgan fingerprint density at radius 2 is 2.22 bits per heavy atom. The molecule has 2 N–H and O–H groups in total. The first-order chi connectivity index (χ1) is 8.54. The molecule has 0 aliphatic carbocycles. The standard InChI is InChI=1S/C13H16ClN3O/c1-4-7-15-9-13(18)16-10-5-6-12(17(2)3)11(14)8-10/h1,5-6,8,15H,7,9H2,2-3H3,(H,16,18). The molecule has 0 aliphatic rings. The van der Waals surface area contributed by atoms with E-state index in [0.29, 0.717) is 17.3 Å². The quantitative estimate of drug-likeness (QED) is 0.627. The van der Waals surface area contributed by atoms with Crippen molar-refractivity contribution in [2.45, 2.75) is 0 Å². The van der Waals surface area contributed by atoms with Gasteiger partial charge in [-0.25, -0.2) is 0 Å². The molecule has 0 aromatic heterocycles. The highest BCUT2D eigenvalue weighted by Crippen LogP contribution is 2.27. The SMILES string of the molecule is C#CCNCC(=O)Nc1ccc(N(C)C)c(Cl)c1. The molecule has 0 atom stereocenters. The van der Waals surface area contributed by atoms with Gasteiger partial charge in [0.25, 0.3) is 0 Å². The van der Waals surface area contributed by atoms with Crippen LogP contribution in [0.4, 0.5) is 11.4 Å². The molecule has 0 fully saturated rings. The molecule has 0 unspecified atom stereocenters. The van der Waals surface area contributed by atoms with Gasteiger partial charge in [-0.15, -0.1) is 6.42 Å². The third-order valence-corrected chi connectivity index (χ3v) is 2.53. The number of carbonyl (C=O) groups is 1. The van der Waals surface area contributed by atoms with E-state index in [0.717, 1.165) is 5.69 Å². The van der Waals surface area contributed by atoms with Crippen LogP contribution in [0.5, 0.6) is 0 Å². The number of rotatable bonds is 5. The van der Waals surface area contributed by atoms with Crippen LogP contribution in [0.15, 0.2) is 18.2 Å². The molecule has 4 nitrogen and oxygen atoms in total. The van der Waals surface area contributed by atoms with Crippen LogP contribution in [0, 0.1) is 12.3 Å². The molecule has 0 heterocycles. The Morgan fingerprint density at radius 1 is 1.50 bits per heavy atom. The minimum absolute atomic E-state index is 0.154. The number of amides is 1. The second kappa shape index (κ2) is 6.90. The van der Waals surface area contributed by atoms with Gasteiger partial charge in [0.05, 0.1) is 23.8 Å². The summed E-state index contributed by atoms with van der Waals surface area (Å²) in [5.41, 5.74) is 1.57. The maximum Gasteiger partial charge on any atom is 0.238 e. The lowest BCUT2D eigenvalue weighted by Crippen LogP contribution is -2.28. The van der Waals surface area contributed by atoms with E-state index in [1.165, 1.54) is 0 Å². The van der Waals surface area contributed by atoms with Crippen molar-refractivity contribution in [2.24, 2.45) is 0 Å². The molecule has 1 aromatic carbocycles. The first-order valence-electron chi connectivity index (χ1n) is 5.45. The van der Waals surface area contributed by atoms with Crippen molar-refractivity contribution in [1.29, 1.82) is 0 Å². The van der Waals surface area contributed by atoms with Crippen molar-refractivity contribution in [3.8, 4) is 12.3 Å². The Balaban J connectivity index is 2.61. The third-order valence-electron chi connectivity index (χ3n) is 2.23. The largest absolute Gasteiger partial charge is 0.376 e. The van der Waals surface area contributed by atoms with E-state index in [1.807, 2.05) is 25.1 Å². The maximum atomic E-state index is 11.5. The van der Waals surface area contributed by atoms with Gasteiger partial charge in [0.2, 0.25) is 5.91 Å². The van der Waals surface area contributed by atoms with Gasteiger partial charge in [-0.3, -0.25) is 10.1 Å². The zero-order chi connectivity index (χ0) is 13.5. The van der Waals surface area contributed by atoms with Gasteiger partial charge in [0.15, 0.2) is 0 Å². The summed E-state index contributed by atoms with van der Waals surface area (Å²) in [6.07, 6.45) is 5.07. The van der Waals surface area contributed by atoms with Gasteiger partial charge in [-0.05, 0) is 18.2 Å². The molecule has 96 valence electrons. The summed E-state index contributed by atoms with van der Waals surface area (Å²) in [7, 11) is 3.81. The number of carbonyl (C=O) groups excluding carboxylic acids is 1. The number of halogens is 1. The molecule has 1 rings (SSSR count). The molecule has 0 aliphatic heterocycles. The van der Waals surface area contributed by atoms with Crippen LogP contribution in [0.25, 0.3) is 0 Å². The minimum Gasteiger partial charge on any atom is -0.376 e. The Kier molecular flexibility index (Phi) is 5.50. The summed E-state index contributed by atoms with van der Waals surface area (Å²) in [6, 6.07) is 5.38. The summed E-state index contributed by atoms with van der Waals surface area (Å²) in [6.45, 7) is 0.547. The third kappa shape index (κ3) is 4.28. The number of hydrogen-bond acceptors (Lipinski definition) is 3. The fourth-order valence-electron chi connectivity index (χ4n) is 1.40. The molecule has 0 saturated carbocycles. The fraction of sp³-hybridized carbons (Fsp3) is 0.308. The molecule has 5 heteroatoms. The number of nitrogens with zero attached hydrogens (tertiary/aromatic N) is 1. The van der Waals surface area contributed by atoms with Crippen molar-refractivity contribution in [2.75, 3.05) is 37.4 Å². The predicted octanol–water partition coefficient (Wildman–Crippen LogP) is 1.57. The number of benzene rings is 1. The van der Waals surface area contributed by atoms with Gasteiger partial charge in [-0.1, -0.05) is 17.5 Å². The molecule has 18 heavy (non-hydrogen) atoms. The normalized spacial score (nSPS) is 9.67.